The quantitative estimate of drug-likeness (QED) is 0.874. The Labute approximate surface area is 128 Å². The van der Waals surface area contributed by atoms with Crippen LogP contribution in [-0.2, 0) is 4.79 Å². The Morgan fingerprint density at radius 2 is 2.00 bits per heavy atom. The minimum Gasteiger partial charge on any atom is -0.480 e. The molecule has 0 saturated carbocycles. The molecule has 0 fully saturated rings. The highest BCUT2D eigenvalue weighted by Crippen LogP contribution is 2.27. The van der Waals surface area contributed by atoms with Crippen LogP contribution in [0.1, 0.15) is 10.4 Å². The molecule has 0 atom stereocenters. The summed E-state index contributed by atoms with van der Waals surface area (Å²) in [6.45, 7) is -0.0285. The van der Waals surface area contributed by atoms with E-state index in [2.05, 4.69) is 31.5 Å². The molecule has 0 bridgehead atoms. The molecule has 1 aliphatic rings. The summed E-state index contributed by atoms with van der Waals surface area (Å²) in [7, 11) is 0. The van der Waals surface area contributed by atoms with E-state index in [1.165, 1.54) is 0 Å². The topological polar surface area (TPSA) is 80.3 Å². The van der Waals surface area contributed by atoms with Crippen LogP contribution in [0.5, 0.6) is 5.75 Å². The number of hydrogen-bond acceptors (Lipinski definition) is 4. The van der Waals surface area contributed by atoms with E-state index in [4.69, 9.17) is 4.74 Å². The van der Waals surface area contributed by atoms with Gasteiger partial charge in [-0.1, -0.05) is 15.9 Å². The second-order valence-corrected chi connectivity index (χ2v) is 5.26. The third kappa shape index (κ3) is 3.03. The number of hydrogen-bond donors (Lipinski definition) is 2. The van der Waals surface area contributed by atoms with E-state index in [9.17, 15) is 9.59 Å². The monoisotopic (exact) mass is 347 g/mol. The first-order valence-corrected chi connectivity index (χ1v) is 6.92. The van der Waals surface area contributed by atoms with Crippen molar-refractivity contribution in [3.05, 3.63) is 46.4 Å². The van der Waals surface area contributed by atoms with Crippen LogP contribution in [0.4, 0.5) is 11.6 Å². The van der Waals surface area contributed by atoms with E-state index in [0.717, 1.165) is 4.47 Å². The number of aromatic nitrogens is 1. The van der Waals surface area contributed by atoms with Crippen molar-refractivity contribution in [1.82, 2.24) is 4.98 Å². The zero-order valence-corrected chi connectivity index (χ0v) is 12.3. The molecule has 2 heterocycles. The molecule has 0 aliphatic carbocycles. The normalized spacial score (nSPS) is 12.9. The summed E-state index contributed by atoms with van der Waals surface area (Å²) >= 11 is 3.31. The average Bonchev–Trinajstić information content (AvgIpc) is 2.47. The van der Waals surface area contributed by atoms with Gasteiger partial charge in [-0.3, -0.25) is 9.59 Å². The number of carbonyl (C=O) groups is 2. The van der Waals surface area contributed by atoms with Gasteiger partial charge < -0.3 is 15.4 Å². The van der Waals surface area contributed by atoms with Crippen molar-refractivity contribution in [1.29, 1.82) is 0 Å². The number of nitrogens with one attached hydrogen (secondary N) is 2. The van der Waals surface area contributed by atoms with Gasteiger partial charge in [0.2, 0.25) is 0 Å². The third-order valence-electron chi connectivity index (χ3n) is 2.82. The van der Waals surface area contributed by atoms with Gasteiger partial charge in [-0.25, -0.2) is 4.98 Å². The van der Waals surface area contributed by atoms with Crippen LogP contribution >= 0.6 is 15.9 Å². The number of halogens is 1. The zero-order chi connectivity index (χ0) is 14.8. The highest BCUT2D eigenvalue weighted by atomic mass is 79.9. The van der Waals surface area contributed by atoms with Crippen molar-refractivity contribution in [3.63, 3.8) is 0 Å². The molecule has 1 aliphatic heterocycles. The number of carbonyl (C=O) groups excluding carboxylic acids is 2. The highest BCUT2D eigenvalue weighted by Gasteiger charge is 2.18. The Morgan fingerprint density at radius 3 is 2.76 bits per heavy atom. The molecule has 21 heavy (non-hydrogen) atoms. The summed E-state index contributed by atoms with van der Waals surface area (Å²) in [5, 5.41) is 5.26. The summed E-state index contributed by atoms with van der Waals surface area (Å²) < 4.78 is 6.10. The maximum atomic E-state index is 12.1. The van der Waals surface area contributed by atoms with Gasteiger partial charge in [0.1, 0.15) is 5.82 Å². The van der Waals surface area contributed by atoms with Crippen molar-refractivity contribution in [2.75, 3.05) is 17.2 Å². The van der Waals surface area contributed by atoms with E-state index in [1.54, 1.807) is 36.4 Å². The van der Waals surface area contributed by atoms with E-state index >= 15 is 0 Å². The fraction of sp³-hybridized carbons (Fsp3) is 0.0714. The van der Waals surface area contributed by atoms with E-state index in [1.807, 2.05) is 0 Å². The predicted octanol–water partition coefficient (Wildman–Crippen LogP) is 2.43. The molecule has 2 aromatic rings. The first kappa shape index (κ1) is 13.6. The van der Waals surface area contributed by atoms with Crippen molar-refractivity contribution >= 4 is 39.4 Å². The lowest BCUT2D eigenvalue weighted by molar-refractivity contribution is -0.118. The summed E-state index contributed by atoms with van der Waals surface area (Å²) in [5.41, 5.74) is 0.512. The number of benzene rings is 1. The standard InChI is InChI=1S/C14H10BrN3O3/c15-9-3-1-8(2-4-9)14(20)17-11-6-5-10-13(16-11)18-12(19)7-21-10/h1-6H,7H2,(H2,16,17,18,19,20). The average molecular weight is 348 g/mol. The number of amides is 2. The number of nitrogens with zero attached hydrogens (tertiary/aromatic N) is 1. The third-order valence-corrected chi connectivity index (χ3v) is 3.35. The number of pyridine rings is 1. The van der Waals surface area contributed by atoms with Gasteiger partial charge in [0.05, 0.1) is 0 Å². The number of rotatable bonds is 2. The minimum atomic E-state index is -0.280. The summed E-state index contributed by atoms with van der Waals surface area (Å²) in [6, 6.07) is 10.2. The maximum Gasteiger partial charge on any atom is 0.263 e. The van der Waals surface area contributed by atoms with Crippen molar-refractivity contribution in [2.45, 2.75) is 0 Å². The Balaban J connectivity index is 1.79. The molecule has 7 heteroatoms. The van der Waals surface area contributed by atoms with Crippen LogP contribution in [0.25, 0.3) is 0 Å². The molecule has 6 nitrogen and oxygen atoms in total. The van der Waals surface area contributed by atoms with Crippen LogP contribution in [0.3, 0.4) is 0 Å². The number of ether oxygens (including phenoxy) is 1. The second-order valence-electron chi connectivity index (χ2n) is 4.34. The molecule has 1 aromatic heterocycles. The molecular formula is C14H10BrN3O3. The van der Waals surface area contributed by atoms with Crippen LogP contribution in [-0.4, -0.2) is 23.4 Å². The molecule has 3 rings (SSSR count). The van der Waals surface area contributed by atoms with E-state index < -0.39 is 0 Å². The fourth-order valence-electron chi connectivity index (χ4n) is 1.82. The Kier molecular flexibility index (Phi) is 3.57. The number of fused-ring (bicyclic) bond motifs is 1. The molecule has 0 unspecified atom stereocenters. The molecule has 0 spiro atoms. The van der Waals surface area contributed by atoms with E-state index in [0.29, 0.717) is 22.9 Å². The van der Waals surface area contributed by atoms with Gasteiger partial charge in [-0.2, -0.15) is 0 Å². The summed E-state index contributed by atoms with van der Waals surface area (Å²) in [6.07, 6.45) is 0. The zero-order valence-electron chi connectivity index (χ0n) is 10.7. The molecule has 0 radical (unpaired) electrons. The van der Waals surface area contributed by atoms with Gasteiger partial charge in [0, 0.05) is 10.0 Å². The lowest BCUT2D eigenvalue weighted by atomic mass is 10.2. The Bertz CT molecular complexity index is 716. The minimum absolute atomic E-state index is 0.0285. The molecule has 2 amide bonds. The summed E-state index contributed by atoms with van der Waals surface area (Å²) in [4.78, 5) is 27.5. The summed E-state index contributed by atoms with van der Waals surface area (Å²) in [5.74, 6) is 0.577. The second kappa shape index (κ2) is 5.53. The highest BCUT2D eigenvalue weighted by molar-refractivity contribution is 9.10. The van der Waals surface area contributed by atoms with Crippen molar-refractivity contribution in [2.24, 2.45) is 0 Å². The first-order chi connectivity index (χ1) is 10.1. The maximum absolute atomic E-state index is 12.1. The van der Waals surface area contributed by atoms with Crippen LogP contribution in [0, 0.1) is 0 Å². The van der Waals surface area contributed by atoms with Gasteiger partial charge in [-0.15, -0.1) is 0 Å². The SMILES string of the molecule is O=C1COc2ccc(NC(=O)c3ccc(Br)cc3)nc2N1. The lowest BCUT2D eigenvalue weighted by Crippen LogP contribution is -2.26. The van der Waals surface area contributed by atoms with Gasteiger partial charge in [0.15, 0.2) is 18.2 Å². The van der Waals surface area contributed by atoms with E-state index in [-0.39, 0.29) is 18.4 Å². The Hall–Kier alpha value is -2.41. The van der Waals surface area contributed by atoms with Crippen molar-refractivity contribution < 1.29 is 14.3 Å². The van der Waals surface area contributed by atoms with Gasteiger partial charge in [0.25, 0.3) is 11.8 Å². The molecule has 106 valence electrons. The number of anilines is 2. The van der Waals surface area contributed by atoms with Crippen molar-refractivity contribution in [3.8, 4) is 5.75 Å². The predicted molar refractivity (Wildman–Crippen MR) is 80.5 cm³/mol. The Morgan fingerprint density at radius 1 is 1.24 bits per heavy atom. The first-order valence-electron chi connectivity index (χ1n) is 6.12. The van der Waals surface area contributed by atoms with Crippen LogP contribution in [0.15, 0.2) is 40.9 Å². The lowest BCUT2D eigenvalue weighted by Gasteiger charge is -2.17. The molecule has 0 saturated heterocycles. The van der Waals surface area contributed by atoms with Crippen LogP contribution in [0.2, 0.25) is 0 Å². The van der Waals surface area contributed by atoms with Gasteiger partial charge >= 0.3 is 0 Å². The van der Waals surface area contributed by atoms with Crippen LogP contribution < -0.4 is 15.4 Å². The molecule has 2 N–H and O–H groups in total. The smallest absolute Gasteiger partial charge is 0.263 e. The van der Waals surface area contributed by atoms with Gasteiger partial charge in [-0.05, 0) is 36.4 Å². The fourth-order valence-corrected chi connectivity index (χ4v) is 2.09. The molecular weight excluding hydrogens is 338 g/mol. The molecule has 1 aromatic carbocycles. The largest absolute Gasteiger partial charge is 0.480 e.